The second kappa shape index (κ2) is 6.16. The van der Waals surface area contributed by atoms with Gasteiger partial charge in [0.25, 0.3) is 0 Å². The predicted molar refractivity (Wildman–Crippen MR) is 82.5 cm³/mol. The van der Waals surface area contributed by atoms with E-state index in [0.29, 0.717) is 11.6 Å². The molecular formula is C17H24N2O2. The van der Waals surface area contributed by atoms with Gasteiger partial charge in [-0.05, 0) is 50.4 Å². The minimum absolute atomic E-state index is 0.354. The standard InChI is InChI=1S/C17H24N2O2/c1-19-15-3-2-4-16(19)10-14(9-15)18-11-12-5-7-13(8-6-12)17(20)21/h5-8,14-16,18H,2-4,9-11H2,1H3,(H,20,21). The molecule has 0 saturated carbocycles. The molecule has 2 unspecified atom stereocenters. The fraction of sp³-hybridized carbons (Fsp3) is 0.588. The molecule has 114 valence electrons. The lowest BCUT2D eigenvalue weighted by Crippen LogP contribution is -2.54. The molecule has 0 radical (unpaired) electrons. The minimum atomic E-state index is -0.863. The quantitative estimate of drug-likeness (QED) is 0.894. The molecule has 1 aromatic carbocycles. The first kappa shape index (κ1) is 14.5. The number of carbonyl (C=O) groups is 1. The maximum atomic E-state index is 10.8. The lowest BCUT2D eigenvalue weighted by atomic mass is 9.82. The SMILES string of the molecule is CN1C2CCCC1CC(NCc1ccc(C(=O)O)cc1)C2. The average Bonchev–Trinajstić information content (AvgIpc) is 2.46. The summed E-state index contributed by atoms with van der Waals surface area (Å²) in [6, 6.07) is 9.26. The van der Waals surface area contributed by atoms with Gasteiger partial charge in [0, 0.05) is 24.7 Å². The summed E-state index contributed by atoms with van der Waals surface area (Å²) >= 11 is 0. The highest BCUT2D eigenvalue weighted by atomic mass is 16.4. The maximum absolute atomic E-state index is 10.8. The minimum Gasteiger partial charge on any atom is -0.478 e. The van der Waals surface area contributed by atoms with Crippen LogP contribution in [0.5, 0.6) is 0 Å². The number of rotatable bonds is 4. The average molecular weight is 288 g/mol. The van der Waals surface area contributed by atoms with Crippen molar-refractivity contribution in [1.82, 2.24) is 10.2 Å². The van der Waals surface area contributed by atoms with Crippen molar-refractivity contribution in [1.29, 1.82) is 0 Å². The molecule has 2 atom stereocenters. The van der Waals surface area contributed by atoms with Crippen LogP contribution in [0, 0.1) is 0 Å². The second-order valence-corrected chi connectivity index (χ2v) is 6.46. The largest absolute Gasteiger partial charge is 0.478 e. The Kier molecular flexibility index (Phi) is 4.27. The number of carboxylic acids is 1. The van der Waals surface area contributed by atoms with Gasteiger partial charge in [0.15, 0.2) is 0 Å². The van der Waals surface area contributed by atoms with Crippen LogP contribution in [0.15, 0.2) is 24.3 Å². The lowest BCUT2D eigenvalue weighted by molar-refractivity contribution is 0.0482. The molecule has 0 aromatic heterocycles. The molecule has 2 heterocycles. The van der Waals surface area contributed by atoms with Crippen molar-refractivity contribution in [2.24, 2.45) is 0 Å². The van der Waals surface area contributed by atoms with Crippen molar-refractivity contribution in [3.8, 4) is 0 Å². The Morgan fingerprint density at radius 2 is 1.86 bits per heavy atom. The van der Waals surface area contributed by atoms with Crippen molar-refractivity contribution >= 4 is 5.97 Å². The predicted octanol–water partition coefficient (Wildman–Crippen LogP) is 2.49. The molecule has 2 aliphatic heterocycles. The van der Waals surface area contributed by atoms with Gasteiger partial charge in [-0.15, -0.1) is 0 Å². The molecule has 2 aliphatic rings. The van der Waals surface area contributed by atoms with Gasteiger partial charge in [0.2, 0.25) is 0 Å². The molecule has 4 nitrogen and oxygen atoms in total. The number of piperidine rings is 2. The summed E-state index contributed by atoms with van der Waals surface area (Å²) in [5.74, 6) is -0.863. The van der Waals surface area contributed by atoms with Crippen LogP contribution >= 0.6 is 0 Å². The van der Waals surface area contributed by atoms with Gasteiger partial charge in [-0.2, -0.15) is 0 Å². The number of carboxylic acid groups (broad SMARTS) is 1. The van der Waals surface area contributed by atoms with E-state index in [2.05, 4.69) is 17.3 Å². The van der Waals surface area contributed by atoms with Crippen LogP contribution in [-0.2, 0) is 6.54 Å². The van der Waals surface area contributed by atoms with Crippen molar-refractivity contribution in [3.05, 3.63) is 35.4 Å². The number of aromatic carboxylic acids is 1. The summed E-state index contributed by atoms with van der Waals surface area (Å²) in [5.41, 5.74) is 1.51. The molecular weight excluding hydrogens is 264 g/mol. The van der Waals surface area contributed by atoms with Gasteiger partial charge in [-0.1, -0.05) is 18.6 Å². The third kappa shape index (κ3) is 3.27. The molecule has 1 aromatic rings. The Morgan fingerprint density at radius 3 is 2.43 bits per heavy atom. The van der Waals surface area contributed by atoms with Crippen LogP contribution in [0.3, 0.4) is 0 Å². The van der Waals surface area contributed by atoms with Gasteiger partial charge < -0.3 is 15.3 Å². The Bertz CT molecular complexity index is 486. The summed E-state index contributed by atoms with van der Waals surface area (Å²) in [4.78, 5) is 13.4. The summed E-state index contributed by atoms with van der Waals surface area (Å²) in [7, 11) is 2.27. The summed E-state index contributed by atoms with van der Waals surface area (Å²) in [5, 5.41) is 12.6. The van der Waals surface area contributed by atoms with E-state index in [-0.39, 0.29) is 0 Å². The van der Waals surface area contributed by atoms with Crippen LogP contribution < -0.4 is 5.32 Å². The van der Waals surface area contributed by atoms with Gasteiger partial charge >= 0.3 is 5.97 Å². The summed E-state index contributed by atoms with van der Waals surface area (Å²) in [6.07, 6.45) is 6.51. The molecule has 3 rings (SSSR count). The zero-order valence-corrected chi connectivity index (χ0v) is 12.6. The van der Waals surface area contributed by atoms with Crippen LogP contribution in [0.4, 0.5) is 0 Å². The van der Waals surface area contributed by atoms with Gasteiger partial charge in [0.05, 0.1) is 5.56 Å². The van der Waals surface area contributed by atoms with Crippen LogP contribution in [0.25, 0.3) is 0 Å². The topological polar surface area (TPSA) is 52.6 Å². The van der Waals surface area contributed by atoms with E-state index in [4.69, 9.17) is 5.11 Å². The number of nitrogens with one attached hydrogen (secondary N) is 1. The van der Waals surface area contributed by atoms with Gasteiger partial charge in [-0.25, -0.2) is 4.79 Å². The summed E-state index contributed by atoms with van der Waals surface area (Å²) < 4.78 is 0. The molecule has 21 heavy (non-hydrogen) atoms. The number of hydrogen-bond acceptors (Lipinski definition) is 3. The van der Waals surface area contributed by atoms with Crippen molar-refractivity contribution in [2.75, 3.05) is 7.05 Å². The van der Waals surface area contributed by atoms with Crippen molar-refractivity contribution < 1.29 is 9.90 Å². The van der Waals surface area contributed by atoms with E-state index in [1.165, 1.54) is 32.1 Å². The Labute approximate surface area is 126 Å². The van der Waals surface area contributed by atoms with E-state index in [9.17, 15) is 4.79 Å². The molecule has 0 spiro atoms. The molecule has 2 N–H and O–H groups in total. The van der Waals surface area contributed by atoms with Gasteiger partial charge in [-0.3, -0.25) is 0 Å². The molecule has 0 amide bonds. The van der Waals surface area contributed by atoms with Crippen molar-refractivity contribution in [3.63, 3.8) is 0 Å². The smallest absolute Gasteiger partial charge is 0.335 e. The second-order valence-electron chi connectivity index (χ2n) is 6.46. The monoisotopic (exact) mass is 288 g/mol. The number of fused-ring (bicyclic) bond motifs is 2. The Morgan fingerprint density at radius 1 is 1.24 bits per heavy atom. The van der Waals surface area contributed by atoms with E-state index in [1.54, 1.807) is 12.1 Å². The van der Waals surface area contributed by atoms with Crippen LogP contribution in [-0.4, -0.2) is 41.1 Å². The molecule has 2 saturated heterocycles. The first-order valence-corrected chi connectivity index (χ1v) is 7.91. The van der Waals surface area contributed by atoms with E-state index in [0.717, 1.165) is 24.2 Å². The normalized spacial score (nSPS) is 29.3. The summed E-state index contributed by atoms with van der Waals surface area (Å²) in [6.45, 7) is 0.827. The third-order valence-corrected chi connectivity index (χ3v) is 5.14. The first-order chi connectivity index (χ1) is 10.1. The maximum Gasteiger partial charge on any atom is 0.335 e. The highest BCUT2D eigenvalue weighted by molar-refractivity contribution is 5.87. The number of nitrogens with zero attached hydrogens (tertiary/aromatic N) is 1. The Balaban J connectivity index is 1.54. The first-order valence-electron chi connectivity index (χ1n) is 7.91. The lowest BCUT2D eigenvalue weighted by Gasteiger charge is -2.47. The van der Waals surface area contributed by atoms with Gasteiger partial charge in [0.1, 0.15) is 0 Å². The highest BCUT2D eigenvalue weighted by Gasteiger charge is 2.35. The fourth-order valence-electron chi connectivity index (χ4n) is 3.81. The zero-order valence-electron chi connectivity index (χ0n) is 12.6. The zero-order chi connectivity index (χ0) is 14.8. The number of hydrogen-bond donors (Lipinski definition) is 2. The van der Waals surface area contributed by atoms with E-state index in [1.807, 2.05) is 12.1 Å². The molecule has 2 bridgehead atoms. The Hall–Kier alpha value is -1.39. The van der Waals surface area contributed by atoms with E-state index >= 15 is 0 Å². The fourth-order valence-corrected chi connectivity index (χ4v) is 3.81. The molecule has 0 aliphatic carbocycles. The number of benzene rings is 1. The van der Waals surface area contributed by atoms with Crippen molar-refractivity contribution in [2.45, 2.75) is 56.8 Å². The highest BCUT2D eigenvalue weighted by Crippen LogP contribution is 2.32. The van der Waals surface area contributed by atoms with Crippen LogP contribution in [0.1, 0.15) is 48.0 Å². The van der Waals surface area contributed by atoms with E-state index < -0.39 is 5.97 Å². The molecule has 4 heteroatoms. The molecule has 2 fully saturated rings. The van der Waals surface area contributed by atoms with Crippen LogP contribution in [0.2, 0.25) is 0 Å². The third-order valence-electron chi connectivity index (χ3n) is 5.14.